The lowest BCUT2D eigenvalue weighted by atomic mass is 9.89. The fourth-order valence-electron chi connectivity index (χ4n) is 4.16. The number of nitrogens with zero attached hydrogens (tertiary/aromatic N) is 2. The second-order valence-electron chi connectivity index (χ2n) is 8.71. The van der Waals surface area contributed by atoms with Crippen LogP contribution in [0.1, 0.15) is 55.8 Å². The zero-order valence-electron chi connectivity index (χ0n) is 19.3. The number of carbonyl (C=O) groups is 1. The third-order valence-electron chi connectivity index (χ3n) is 5.77. The van der Waals surface area contributed by atoms with Gasteiger partial charge in [-0.1, -0.05) is 13.8 Å². The summed E-state index contributed by atoms with van der Waals surface area (Å²) in [5, 5.41) is 11.1. The second-order valence-corrected chi connectivity index (χ2v) is 9.80. The third-order valence-corrected chi connectivity index (χ3v) is 6.92. The van der Waals surface area contributed by atoms with Gasteiger partial charge >= 0.3 is 5.97 Å². The van der Waals surface area contributed by atoms with Crippen molar-refractivity contribution in [3.8, 4) is 0 Å². The number of methoxy groups -OCH3 is 1. The number of H-pyrrole nitrogens is 1. The van der Waals surface area contributed by atoms with Gasteiger partial charge in [-0.25, -0.2) is 4.98 Å². The highest BCUT2D eigenvalue weighted by Gasteiger charge is 2.23. The Bertz CT molecular complexity index is 957. The highest BCUT2D eigenvalue weighted by molar-refractivity contribution is 7.18. The molecule has 3 rings (SSSR count). The van der Waals surface area contributed by atoms with Gasteiger partial charge in [0, 0.05) is 38.1 Å². The molecule has 0 amide bonds. The van der Waals surface area contributed by atoms with E-state index in [-0.39, 0.29) is 18.1 Å². The summed E-state index contributed by atoms with van der Waals surface area (Å²) in [6.07, 6.45) is 4.07. The highest BCUT2D eigenvalue weighted by Crippen LogP contribution is 2.35. The zero-order chi connectivity index (χ0) is 23.1. The Morgan fingerprint density at radius 1 is 1.44 bits per heavy atom. The van der Waals surface area contributed by atoms with Crippen LogP contribution in [0.4, 0.5) is 0 Å². The number of ether oxygens (including phenoxy) is 2. The van der Waals surface area contributed by atoms with E-state index in [0.717, 1.165) is 35.9 Å². The van der Waals surface area contributed by atoms with E-state index in [0.29, 0.717) is 50.8 Å². The van der Waals surface area contributed by atoms with Crippen molar-refractivity contribution >= 4 is 27.5 Å². The lowest BCUT2D eigenvalue weighted by Gasteiger charge is -2.24. The minimum absolute atomic E-state index is 0.0432. The van der Waals surface area contributed by atoms with Crippen LogP contribution in [0, 0.1) is 5.92 Å². The lowest BCUT2D eigenvalue weighted by Crippen LogP contribution is -2.37. The van der Waals surface area contributed by atoms with Crippen LogP contribution in [0.25, 0.3) is 10.2 Å². The van der Waals surface area contributed by atoms with Crippen molar-refractivity contribution < 1.29 is 19.4 Å². The first-order valence-corrected chi connectivity index (χ1v) is 12.3. The first-order valence-electron chi connectivity index (χ1n) is 11.5. The van der Waals surface area contributed by atoms with Gasteiger partial charge in [-0.3, -0.25) is 14.5 Å². The number of carbonyl (C=O) groups excluding carboxylic acids is 1. The molecule has 2 heterocycles. The summed E-state index contributed by atoms with van der Waals surface area (Å²) in [7, 11) is 1.65. The quantitative estimate of drug-likeness (QED) is 0.367. The minimum atomic E-state index is -0.815. The number of hydrogen-bond acceptors (Lipinski definition) is 8. The maximum Gasteiger partial charge on any atom is 0.305 e. The fourth-order valence-corrected chi connectivity index (χ4v) is 5.57. The normalized spacial score (nSPS) is 17.0. The molecule has 0 bridgehead atoms. The predicted octanol–water partition coefficient (Wildman–Crippen LogP) is 2.65. The van der Waals surface area contributed by atoms with Crippen LogP contribution in [0.15, 0.2) is 4.79 Å². The van der Waals surface area contributed by atoms with Gasteiger partial charge < -0.3 is 19.6 Å². The number of aromatic amines is 1. The Balaban J connectivity index is 1.71. The molecule has 0 radical (unpaired) electrons. The summed E-state index contributed by atoms with van der Waals surface area (Å²) in [5.41, 5.74) is 1.09. The van der Waals surface area contributed by atoms with Crippen LogP contribution in [0.5, 0.6) is 0 Å². The number of esters is 1. The summed E-state index contributed by atoms with van der Waals surface area (Å²) in [6, 6.07) is 0. The van der Waals surface area contributed by atoms with Crippen molar-refractivity contribution in [3.05, 3.63) is 26.6 Å². The number of aliphatic hydroxyl groups excluding tert-OH is 1. The van der Waals surface area contributed by atoms with Crippen LogP contribution in [0.3, 0.4) is 0 Å². The van der Waals surface area contributed by atoms with E-state index in [4.69, 9.17) is 14.5 Å². The number of nitrogens with one attached hydrogen (secondary N) is 1. The third kappa shape index (κ3) is 6.60. The number of rotatable bonds is 12. The number of aryl methyl sites for hydroxylation is 1. The SMILES string of the molecule is CCCC(=O)OC[C@@H](O)CN(CCCOC)Cc1nc2sc3c(c2c(=O)[nH]1)CC[C@@H](C)C3. The molecule has 2 N–H and O–H groups in total. The molecule has 1 aliphatic rings. The van der Waals surface area contributed by atoms with Gasteiger partial charge in [0.25, 0.3) is 5.56 Å². The van der Waals surface area contributed by atoms with E-state index in [2.05, 4.69) is 11.9 Å². The Morgan fingerprint density at radius 3 is 3.00 bits per heavy atom. The Hall–Kier alpha value is -1.81. The molecule has 0 saturated carbocycles. The van der Waals surface area contributed by atoms with E-state index in [1.54, 1.807) is 18.4 Å². The second kappa shape index (κ2) is 11.9. The van der Waals surface area contributed by atoms with Crippen LogP contribution >= 0.6 is 11.3 Å². The lowest BCUT2D eigenvalue weighted by molar-refractivity contribution is -0.147. The zero-order valence-corrected chi connectivity index (χ0v) is 20.1. The van der Waals surface area contributed by atoms with E-state index in [9.17, 15) is 14.7 Å². The van der Waals surface area contributed by atoms with E-state index in [1.807, 2.05) is 11.8 Å². The van der Waals surface area contributed by atoms with Gasteiger partial charge in [0.1, 0.15) is 23.4 Å². The predicted molar refractivity (Wildman–Crippen MR) is 125 cm³/mol. The van der Waals surface area contributed by atoms with Crippen molar-refractivity contribution in [2.45, 2.75) is 65.0 Å². The van der Waals surface area contributed by atoms with Crippen molar-refractivity contribution in [2.24, 2.45) is 5.92 Å². The molecule has 2 aromatic rings. The molecule has 0 aliphatic heterocycles. The molecule has 0 aromatic carbocycles. The van der Waals surface area contributed by atoms with Gasteiger partial charge in [-0.15, -0.1) is 11.3 Å². The van der Waals surface area contributed by atoms with Crippen molar-refractivity contribution in [2.75, 3.05) is 33.4 Å². The molecular weight excluding hydrogens is 430 g/mol. The smallest absolute Gasteiger partial charge is 0.305 e. The first-order chi connectivity index (χ1) is 15.4. The fraction of sp³-hybridized carbons (Fsp3) is 0.696. The molecule has 2 aromatic heterocycles. The van der Waals surface area contributed by atoms with Gasteiger partial charge in [-0.2, -0.15) is 0 Å². The monoisotopic (exact) mass is 465 g/mol. The van der Waals surface area contributed by atoms with Gasteiger partial charge in [0.2, 0.25) is 0 Å². The summed E-state index contributed by atoms with van der Waals surface area (Å²) >= 11 is 1.63. The molecular formula is C23H35N3O5S. The minimum Gasteiger partial charge on any atom is -0.463 e. The summed E-state index contributed by atoms with van der Waals surface area (Å²) in [5.74, 6) is 0.921. The Labute approximate surface area is 192 Å². The highest BCUT2D eigenvalue weighted by atomic mass is 32.1. The van der Waals surface area contributed by atoms with Crippen LogP contribution in [-0.2, 0) is 33.7 Å². The summed E-state index contributed by atoms with van der Waals surface area (Å²) in [4.78, 5) is 36.3. The molecule has 8 nitrogen and oxygen atoms in total. The molecule has 178 valence electrons. The standard InChI is InChI=1S/C23H35N3O5S/c1-4-6-20(28)31-14-16(27)12-26(9-5-10-30-3)13-19-24-22(29)21-17-8-7-15(2)11-18(17)32-23(21)25-19/h15-16,27H,4-14H2,1-3H3,(H,24,25,29)/t15-,16+/m1/s1. The maximum absolute atomic E-state index is 12.9. The number of thiophene rings is 1. The first kappa shape index (κ1) is 24.8. The molecule has 2 atom stereocenters. The average Bonchev–Trinajstić information content (AvgIpc) is 3.10. The number of fused-ring (bicyclic) bond motifs is 3. The van der Waals surface area contributed by atoms with Crippen molar-refractivity contribution in [1.29, 1.82) is 0 Å². The molecule has 0 spiro atoms. The summed E-state index contributed by atoms with van der Waals surface area (Å²) < 4.78 is 10.3. The molecule has 0 unspecified atom stereocenters. The Kier molecular flexibility index (Phi) is 9.22. The van der Waals surface area contributed by atoms with Crippen LogP contribution in [0.2, 0.25) is 0 Å². The number of aliphatic hydroxyl groups is 1. The molecule has 1 aliphatic carbocycles. The van der Waals surface area contributed by atoms with Gasteiger partial charge in [-0.05, 0) is 43.6 Å². The summed E-state index contributed by atoms with van der Waals surface area (Å²) in [6.45, 7) is 6.07. The average molecular weight is 466 g/mol. The molecule has 0 fully saturated rings. The number of aromatic nitrogens is 2. The largest absolute Gasteiger partial charge is 0.463 e. The van der Waals surface area contributed by atoms with E-state index in [1.165, 1.54) is 10.4 Å². The molecule has 9 heteroatoms. The topological polar surface area (TPSA) is 105 Å². The van der Waals surface area contributed by atoms with E-state index < -0.39 is 6.10 Å². The van der Waals surface area contributed by atoms with Crippen LogP contribution < -0.4 is 5.56 Å². The molecule has 0 saturated heterocycles. The number of hydrogen-bond donors (Lipinski definition) is 2. The Morgan fingerprint density at radius 2 is 2.25 bits per heavy atom. The maximum atomic E-state index is 12.9. The van der Waals surface area contributed by atoms with E-state index >= 15 is 0 Å². The molecule has 32 heavy (non-hydrogen) atoms. The van der Waals surface area contributed by atoms with Gasteiger partial charge in [0.15, 0.2) is 0 Å². The van der Waals surface area contributed by atoms with Crippen molar-refractivity contribution in [3.63, 3.8) is 0 Å². The van der Waals surface area contributed by atoms with Crippen LogP contribution in [-0.4, -0.2) is 65.5 Å². The van der Waals surface area contributed by atoms with Crippen molar-refractivity contribution in [1.82, 2.24) is 14.9 Å². The van der Waals surface area contributed by atoms with Gasteiger partial charge in [0.05, 0.1) is 11.9 Å².